The Kier molecular flexibility index (Phi) is 7.25. The van der Waals surface area contributed by atoms with Gasteiger partial charge in [-0.2, -0.15) is 4.31 Å². The SMILES string of the molecule is CNC(=O)c1ccc(CN(C)C(=O)C2CCN(S(=O)(=O)c3ccc(F)c(F)c3)CC2)cc1. The lowest BCUT2D eigenvalue weighted by molar-refractivity contribution is -0.135. The topological polar surface area (TPSA) is 86.8 Å². The van der Waals surface area contributed by atoms with Crippen molar-refractivity contribution in [3.63, 3.8) is 0 Å². The fourth-order valence-corrected chi connectivity index (χ4v) is 5.18. The second-order valence-electron chi connectivity index (χ2n) is 7.72. The van der Waals surface area contributed by atoms with E-state index in [4.69, 9.17) is 0 Å². The molecule has 7 nitrogen and oxygen atoms in total. The minimum absolute atomic E-state index is 0.0924. The largest absolute Gasteiger partial charge is 0.355 e. The Bertz CT molecular complexity index is 1100. The molecule has 1 aliphatic rings. The van der Waals surface area contributed by atoms with Crippen LogP contribution in [0, 0.1) is 17.6 Å². The third-order valence-corrected chi connectivity index (χ3v) is 7.47. The number of rotatable bonds is 6. The number of nitrogens with zero attached hydrogens (tertiary/aromatic N) is 2. The Hall–Kier alpha value is -2.85. The second-order valence-corrected chi connectivity index (χ2v) is 9.66. The van der Waals surface area contributed by atoms with E-state index in [2.05, 4.69) is 5.32 Å². The Morgan fingerprint density at radius 3 is 2.25 bits per heavy atom. The number of carbonyl (C=O) groups excluding carboxylic acids is 2. The smallest absolute Gasteiger partial charge is 0.251 e. The van der Waals surface area contributed by atoms with Crippen LogP contribution in [0.1, 0.15) is 28.8 Å². The van der Waals surface area contributed by atoms with Gasteiger partial charge in [0.05, 0.1) is 4.90 Å². The van der Waals surface area contributed by atoms with Crippen molar-refractivity contribution in [2.45, 2.75) is 24.3 Å². The number of sulfonamides is 1. The van der Waals surface area contributed by atoms with Crippen LogP contribution < -0.4 is 5.32 Å². The van der Waals surface area contributed by atoms with Crippen molar-refractivity contribution in [1.29, 1.82) is 0 Å². The predicted molar refractivity (Wildman–Crippen MR) is 114 cm³/mol. The van der Waals surface area contributed by atoms with Crippen molar-refractivity contribution in [2.75, 3.05) is 27.2 Å². The van der Waals surface area contributed by atoms with Crippen molar-refractivity contribution in [2.24, 2.45) is 5.92 Å². The average molecular weight is 466 g/mol. The molecule has 1 saturated heterocycles. The summed E-state index contributed by atoms with van der Waals surface area (Å²) in [4.78, 5) is 25.7. The molecule has 32 heavy (non-hydrogen) atoms. The highest BCUT2D eigenvalue weighted by atomic mass is 32.2. The Labute approximate surface area is 186 Å². The average Bonchev–Trinajstić information content (AvgIpc) is 2.80. The summed E-state index contributed by atoms with van der Waals surface area (Å²) in [6.45, 7) is 0.596. The third-order valence-electron chi connectivity index (χ3n) is 5.57. The van der Waals surface area contributed by atoms with Crippen LogP contribution in [0.25, 0.3) is 0 Å². The van der Waals surface area contributed by atoms with Crippen LogP contribution >= 0.6 is 0 Å². The lowest BCUT2D eigenvalue weighted by Gasteiger charge is -2.32. The molecule has 0 aliphatic carbocycles. The lowest BCUT2D eigenvalue weighted by atomic mass is 9.96. The van der Waals surface area contributed by atoms with Gasteiger partial charge in [0, 0.05) is 45.2 Å². The first kappa shape index (κ1) is 23.8. The molecule has 2 amide bonds. The first-order valence-electron chi connectivity index (χ1n) is 10.1. The minimum atomic E-state index is -3.96. The Morgan fingerprint density at radius 2 is 1.69 bits per heavy atom. The summed E-state index contributed by atoms with van der Waals surface area (Å²) >= 11 is 0. The van der Waals surface area contributed by atoms with E-state index in [1.54, 1.807) is 43.3 Å². The molecule has 1 heterocycles. The first-order valence-corrected chi connectivity index (χ1v) is 11.6. The van der Waals surface area contributed by atoms with Gasteiger partial charge in [-0.1, -0.05) is 12.1 Å². The normalized spacial score (nSPS) is 15.4. The molecule has 0 saturated carbocycles. The van der Waals surface area contributed by atoms with Gasteiger partial charge in [-0.3, -0.25) is 9.59 Å². The fraction of sp³-hybridized carbons (Fsp3) is 0.364. The summed E-state index contributed by atoms with van der Waals surface area (Å²) in [5.41, 5.74) is 1.40. The van der Waals surface area contributed by atoms with Crippen LogP contribution in [0.2, 0.25) is 0 Å². The van der Waals surface area contributed by atoms with Gasteiger partial charge >= 0.3 is 0 Å². The van der Waals surface area contributed by atoms with E-state index < -0.39 is 21.7 Å². The molecule has 2 aromatic carbocycles. The molecule has 1 fully saturated rings. The zero-order chi connectivity index (χ0) is 23.5. The molecule has 10 heteroatoms. The van der Waals surface area contributed by atoms with Crippen molar-refractivity contribution >= 4 is 21.8 Å². The monoisotopic (exact) mass is 465 g/mol. The maximum Gasteiger partial charge on any atom is 0.251 e. The van der Waals surface area contributed by atoms with Crippen LogP contribution in [0.5, 0.6) is 0 Å². The van der Waals surface area contributed by atoms with Gasteiger partial charge < -0.3 is 10.2 Å². The first-order chi connectivity index (χ1) is 15.1. The highest BCUT2D eigenvalue weighted by Crippen LogP contribution is 2.26. The third kappa shape index (κ3) is 5.13. The van der Waals surface area contributed by atoms with E-state index in [0.29, 0.717) is 31.0 Å². The number of amides is 2. The van der Waals surface area contributed by atoms with Crippen molar-refractivity contribution in [3.05, 3.63) is 65.2 Å². The molecule has 0 radical (unpaired) electrons. The standard InChI is InChI=1S/C22H25F2N3O4S/c1-25-21(28)16-5-3-15(4-6-16)14-26(2)22(29)17-9-11-27(12-10-17)32(30,31)18-7-8-19(23)20(24)13-18/h3-8,13,17H,9-12,14H2,1-2H3,(H,25,28). The summed E-state index contributed by atoms with van der Waals surface area (Å²) in [6.07, 6.45) is 0.670. The molecule has 0 aromatic heterocycles. The summed E-state index contributed by atoms with van der Waals surface area (Å²) in [5.74, 6) is -2.95. The highest BCUT2D eigenvalue weighted by Gasteiger charge is 2.33. The number of piperidine rings is 1. The van der Waals surface area contributed by atoms with Crippen LogP contribution in [-0.2, 0) is 21.4 Å². The zero-order valence-electron chi connectivity index (χ0n) is 17.8. The summed E-state index contributed by atoms with van der Waals surface area (Å²) < 4.78 is 53.2. The van der Waals surface area contributed by atoms with Crippen LogP contribution in [-0.4, -0.2) is 56.6 Å². The minimum Gasteiger partial charge on any atom is -0.355 e. The molecule has 0 spiro atoms. The van der Waals surface area contributed by atoms with Gasteiger partial charge in [0.1, 0.15) is 0 Å². The van der Waals surface area contributed by atoms with Gasteiger partial charge in [0.15, 0.2) is 11.6 Å². The van der Waals surface area contributed by atoms with Crippen LogP contribution in [0.3, 0.4) is 0 Å². The lowest BCUT2D eigenvalue weighted by Crippen LogP contribution is -2.43. The molecule has 1 N–H and O–H groups in total. The van der Waals surface area contributed by atoms with E-state index in [0.717, 1.165) is 17.7 Å². The molecular formula is C22H25F2N3O4S. The van der Waals surface area contributed by atoms with Crippen molar-refractivity contribution in [3.8, 4) is 0 Å². The van der Waals surface area contributed by atoms with Crippen LogP contribution in [0.4, 0.5) is 8.78 Å². The molecule has 0 unspecified atom stereocenters. The van der Waals surface area contributed by atoms with E-state index in [1.807, 2.05) is 0 Å². The number of carbonyl (C=O) groups is 2. The highest BCUT2D eigenvalue weighted by molar-refractivity contribution is 7.89. The van der Waals surface area contributed by atoms with E-state index >= 15 is 0 Å². The van der Waals surface area contributed by atoms with Gasteiger partial charge in [-0.15, -0.1) is 0 Å². The molecular weight excluding hydrogens is 440 g/mol. The Morgan fingerprint density at radius 1 is 1.06 bits per heavy atom. The summed E-state index contributed by atoms with van der Waals surface area (Å²) in [6, 6.07) is 9.44. The summed E-state index contributed by atoms with van der Waals surface area (Å²) in [7, 11) is -0.731. The number of hydrogen-bond donors (Lipinski definition) is 1. The zero-order valence-corrected chi connectivity index (χ0v) is 18.7. The van der Waals surface area contributed by atoms with E-state index in [9.17, 15) is 26.8 Å². The van der Waals surface area contributed by atoms with Gasteiger partial charge in [0.25, 0.3) is 5.91 Å². The van der Waals surface area contributed by atoms with E-state index in [1.165, 1.54) is 4.31 Å². The maximum atomic E-state index is 13.5. The number of nitrogens with one attached hydrogen (secondary N) is 1. The van der Waals surface area contributed by atoms with E-state index in [-0.39, 0.29) is 35.7 Å². The molecule has 0 atom stereocenters. The van der Waals surface area contributed by atoms with Crippen molar-refractivity contribution in [1.82, 2.24) is 14.5 Å². The van der Waals surface area contributed by atoms with Gasteiger partial charge in [0.2, 0.25) is 15.9 Å². The molecule has 2 aromatic rings. The quantitative estimate of drug-likeness (QED) is 0.710. The maximum absolute atomic E-state index is 13.5. The van der Waals surface area contributed by atoms with Crippen LogP contribution in [0.15, 0.2) is 47.4 Å². The van der Waals surface area contributed by atoms with Gasteiger partial charge in [-0.25, -0.2) is 17.2 Å². The Balaban J connectivity index is 1.58. The fourth-order valence-electron chi connectivity index (χ4n) is 3.70. The molecule has 172 valence electrons. The van der Waals surface area contributed by atoms with Crippen molar-refractivity contribution < 1.29 is 26.8 Å². The van der Waals surface area contributed by atoms with Gasteiger partial charge in [-0.05, 0) is 48.7 Å². The molecule has 0 bridgehead atoms. The molecule has 3 rings (SSSR count). The summed E-state index contributed by atoms with van der Waals surface area (Å²) in [5, 5.41) is 2.55. The predicted octanol–water partition coefficient (Wildman–Crippen LogP) is 2.38. The number of hydrogen-bond acceptors (Lipinski definition) is 4. The number of benzene rings is 2. The molecule has 1 aliphatic heterocycles. The number of halogens is 2. The second kappa shape index (κ2) is 9.74.